The molecular formula is C17H18N2O5. The van der Waals surface area contributed by atoms with Gasteiger partial charge < -0.3 is 4.74 Å². The zero-order chi connectivity index (χ0) is 17.4. The maximum absolute atomic E-state index is 12.8. The quantitative estimate of drug-likeness (QED) is 0.835. The Morgan fingerprint density at radius 3 is 2.62 bits per heavy atom. The number of hydrogen-bond acceptors (Lipinski definition) is 5. The Bertz CT molecular complexity index is 740. The SMILES string of the molecule is CC(C)COc1cccc2c1C(=O)N(C1CCC(=O)NC1=O)C2=O. The van der Waals surface area contributed by atoms with E-state index in [-0.39, 0.29) is 29.9 Å². The number of carbonyl (C=O) groups excluding carboxylic acids is 4. The van der Waals surface area contributed by atoms with Crippen LogP contribution in [0.3, 0.4) is 0 Å². The van der Waals surface area contributed by atoms with Gasteiger partial charge in [-0.1, -0.05) is 19.9 Å². The van der Waals surface area contributed by atoms with Crippen molar-refractivity contribution in [2.24, 2.45) is 5.92 Å². The monoisotopic (exact) mass is 330 g/mol. The number of piperidine rings is 1. The van der Waals surface area contributed by atoms with Crippen molar-refractivity contribution in [2.75, 3.05) is 6.61 Å². The fraction of sp³-hybridized carbons (Fsp3) is 0.412. The molecule has 1 fully saturated rings. The van der Waals surface area contributed by atoms with Gasteiger partial charge in [0.1, 0.15) is 11.8 Å². The summed E-state index contributed by atoms with van der Waals surface area (Å²) in [6.07, 6.45) is 0.235. The summed E-state index contributed by atoms with van der Waals surface area (Å²) >= 11 is 0. The minimum absolute atomic E-state index is 0.0977. The van der Waals surface area contributed by atoms with Crippen molar-refractivity contribution >= 4 is 23.6 Å². The first kappa shape index (κ1) is 16.2. The number of rotatable bonds is 4. The predicted molar refractivity (Wildman–Crippen MR) is 83.4 cm³/mol. The van der Waals surface area contributed by atoms with Crippen LogP contribution in [0.15, 0.2) is 18.2 Å². The minimum Gasteiger partial charge on any atom is -0.492 e. The lowest BCUT2D eigenvalue weighted by atomic mass is 10.0. The molecule has 2 heterocycles. The molecule has 1 aromatic rings. The number of nitrogens with one attached hydrogen (secondary N) is 1. The molecule has 0 saturated carbocycles. The largest absolute Gasteiger partial charge is 0.492 e. The molecule has 0 spiro atoms. The van der Waals surface area contributed by atoms with E-state index in [9.17, 15) is 19.2 Å². The molecule has 0 radical (unpaired) electrons. The summed E-state index contributed by atoms with van der Waals surface area (Å²) in [6, 6.07) is 3.87. The van der Waals surface area contributed by atoms with Gasteiger partial charge in [0.15, 0.2) is 0 Å². The van der Waals surface area contributed by atoms with Crippen molar-refractivity contribution in [3.63, 3.8) is 0 Å². The van der Waals surface area contributed by atoms with Crippen LogP contribution < -0.4 is 10.1 Å². The van der Waals surface area contributed by atoms with Gasteiger partial charge >= 0.3 is 0 Å². The van der Waals surface area contributed by atoms with E-state index in [1.54, 1.807) is 18.2 Å². The highest BCUT2D eigenvalue weighted by Gasteiger charge is 2.45. The average Bonchev–Trinajstić information content (AvgIpc) is 2.78. The number of amides is 4. The fourth-order valence-electron chi connectivity index (χ4n) is 2.86. The Balaban J connectivity index is 1.92. The van der Waals surface area contributed by atoms with Crippen LogP contribution in [0.1, 0.15) is 47.4 Å². The highest BCUT2D eigenvalue weighted by molar-refractivity contribution is 6.24. The lowest BCUT2D eigenvalue weighted by molar-refractivity contribution is -0.136. The summed E-state index contributed by atoms with van der Waals surface area (Å²) in [5.74, 6) is -1.49. The van der Waals surface area contributed by atoms with Crippen LogP contribution in [0.25, 0.3) is 0 Å². The summed E-state index contributed by atoms with van der Waals surface area (Å²) < 4.78 is 5.65. The fourth-order valence-corrected chi connectivity index (χ4v) is 2.86. The maximum Gasteiger partial charge on any atom is 0.266 e. The lowest BCUT2D eigenvalue weighted by Gasteiger charge is -2.27. The van der Waals surface area contributed by atoms with Gasteiger partial charge in [0.2, 0.25) is 11.8 Å². The minimum atomic E-state index is -0.965. The van der Waals surface area contributed by atoms with Gasteiger partial charge in [-0.3, -0.25) is 29.4 Å². The van der Waals surface area contributed by atoms with E-state index < -0.39 is 29.7 Å². The van der Waals surface area contributed by atoms with Crippen LogP contribution in [0, 0.1) is 5.92 Å². The molecule has 1 N–H and O–H groups in total. The third-order valence-corrected chi connectivity index (χ3v) is 4.00. The maximum atomic E-state index is 12.8. The summed E-state index contributed by atoms with van der Waals surface area (Å²) in [6.45, 7) is 4.37. The lowest BCUT2D eigenvalue weighted by Crippen LogP contribution is -2.54. The second-order valence-electron chi connectivity index (χ2n) is 6.33. The molecule has 7 heteroatoms. The molecule has 1 atom stereocenters. The van der Waals surface area contributed by atoms with E-state index in [1.807, 2.05) is 13.8 Å². The molecule has 1 saturated heterocycles. The normalized spacial score (nSPS) is 20.5. The summed E-state index contributed by atoms with van der Waals surface area (Å²) in [7, 11) is 0. The number of ether oxygens (including phenoxy) is 1. The van der Waals surface area contributed by atoms with E-state index in [2.05, 4.69) is 5.32 Å². The molecule has 0 aliphatic carbocycles. The van der Waals surface area contributed by atoms with Gasteiger partial charge in [-0.2, -0.15) is 0 Å². The Labute approximate surface area is 139 Å². The molecule has 3 rings (SSSR count). The van der Waals surface area contributed by atoms with Crippen molar-refractivity contribution < 1.29 is 23.9 Å². The Hall–Kier alpha value is -2.70. The molecule has 0 bridgehead atoms. The van der Waals surface area contributed by atoms with Crippen molar-refractivity contribution in [3.8, 4) is 5.75 Å². The predicted octanol–water partition coefficient (Wildman–Crippen LogP) is 1.12. The van der Waals surface area contributed by atoms with Crippen LogP contribution in [0.4, 0.5) is 0 Å². The van der Waals surface area contributed by atoms with Crippen LogP contribution in [-0.4, -0.2) is 41.2 Å². The van der Waals surface area contributed by atoms with Gasteiger partial charge in [-0.15, -0.1) is 0 Å². The Morgan fingerprint density at radius 1 is 1.21 bits per heavy atom. The van der Waals surface area contributed by atoms with E-state index in [4.69, 9.17) is 4.74 Å². The smallest absolute Gasteiger partial charge is 0.266 e. The number of benzene rings is 1. The average molecular weight is 330 g/mol. The first-order valence-electron chi connectivity index (χ1n) is 7.87. The summed E-state index contributed by atoms with van der Waals surface area (Å²) in [5, 5.41) is 2.17. The van der Waals surface area contributed by atoms with E-state index in [1.165, 1.54) is 0 Å². The van der Waals surface area contributed by atoms with Crippen molar-refractivity contribution in [1.82, 2.24) is 10.2 Å². The summed E-state index contributed by atoms with van der Waals surface area (Å²) in [5.41, 5.74) is 0.416. The highest BCUT2D eigenvalue weighted by Crippen LogP contribution is 2.33. The van der Waals surface area contributed by atoms with Crippen molar-refractivity contribution in [1.29, 1.82) is 0 Å². The number of hydrogen-bond donors (Lipinski definition) is 1. The third kappa shape index (κ3) is 2.66. The van der Waals surface area contributed by atoms with Crippen LogP contribution in [0.2, 0.25) is 0 Å². The molecule has 2 aliphatic heterocycles. The molecule has 126 valence electrons. The zero-order valence-corrected chi connectivity index (χ0v) is 13.5. The first-order valence-corrected chi connectivity index (χ1v) is 7.87. The van der Waals surface area contributed by atoms with Crippen LogP contribution in [-0.2, 0) is 9.59 Å². The number of carbonyl (C=O) groups is 4. The summed E-state index contributed by atoms with van der Waals surface area (Å²) in [4.78, 5) is 49.6. The first-order chi connectivity index (χ1) is 11.4. The molecule has 7 nitrogen and oxygen atoms in total. The van der Waals surface area contributed by atoms with E-state index in [0.29, 0.717) is 12.4 Å². The van der Waals surface area contributed by atoms with Crippen molar-refractivity contribution in [3.05, 3.63) is 29.3 Å². The van der Waals surface area contributed by atoms with Gasteiger partial charge in [-0.25, -0.2) is 0 Å². The van der Waals surface area contributed by atoms with Crippen molar-refractivity contribution in [2.45, 2.75) is 32.7 Å². The zero-order valence-electron chi connectivity index (χ0n) is 13.5. The molecule has 4 amide bonds. The molecule has 2 aliphatic rings. The second kappa shape index (κ2) is 6.07. The molecule has 24 heavy (non-hydrogen) atoms. The van der Waals surface area contributed by atoms with Gasteiger partial charge in [0.25, 0.3) is 11.8 Å². The second-order valence-corrected chi connectivity index (χ2v) is 6.33. The Morgan fingerprint density at radius 2 is 1.96 bits per heavy atom. The number of nitrogens with zero attached hydrogens (tertiary/aromatic N) is 1. The van der Waals surface area contributed by atoms with E-state index in [0.717, 1.165) is 4.90 Å². The number of imide groups is 2. The molecule has 1 aromatic carbocycles. The molecule has 1 unspecified atom stereocenters. The molecular weight excluding hydrogens is 312 g/mol. The standard InChI is InChI=1S/C17H18N2O5/c1-9(2)8-24-12-5-3-4-10-14(12)17(23)19(16(10)22)11-6-7-13(20)18-15(11)21/h3-5,9,11H,6-8H2,1-2H3,(H,18,20,21). The van der Waals surface area contributed by atoms with Gasteiger partial charge in [0, 0.05) is 6.42 Å². The van der Waals surface area contributed by atoms with Crippen LogP contribution in [0.5, 0.6) is 5.75 Å². The number of fused-ring (bicyclic) bond motifs is 1. The Kier molecular flexibility index (Phi) is 4.09. The van der Waals surface area contributed by atoms with Gasteiger partial charge in [-0.05, 0) is 24.5 Å². The van der Waals surface area contributed by atoms with Gasteiger partial charge in [0.05, 0.1) is 17.7 Å². The van der Waals surface area contributed by atoms with E-state index >= 15 is 0 Å². The topological polar surface area (TPSA) is 92.8 Å². The third-order valence-electron chi connectivity index (χ3n) is 4.00. The van der Waals surface area contributed by atoms with Crippen LogP contribution >= 0.6 is 0 Å². The highest BCUT2D eigenvalue weighted by atomic mass is 16.5. The molecule has 0 aromatic heterocycles.